The maximum absolute atomic E-state index is 12.2. The SMILES string of the molecule is COC(=O)c1cc(NC(=O)COC(=O)CSc2nc3ccccc3s2)cc(C(=O)OC)c1. The van der Waals surface area contributed by atoms with Gasteiger partial charge in [-0.05, 0) is 30.3 Å². The third-order valence-corrected chi connectivity index (χ3v) is 6.16. The normalized spacial score (nSPS) is 10.4. The molecule has 1 heterocycles. The summed E-state index contributed by atoms with van der Waals surface area (Å²) in [7, 11) is 2.38. The maximum Gasteiger partial charge on any atom is 0.337 e. The van der Waals surface area contributed by atoms with E-state index in [1.807, 2.05) is 24.3 Å². The molecule has 32 heavy (non-hydrogen) atoms. The van der Waals surface area contributed by atoms with Gasteiger partial charge in [0.15, 0.2) is 10.9 Å². The topological polar surface area (TPSA) is 121 Å². The highest BCUT2D eigenvalue weighted by molar-refractivity contribution is 8.01. The number of thioether (sulfide) groups is 1. The number of fused-ring (bicyclic) bond motifs is 1. The molecule has 0 aliphatic carbocycles. The summed E-state index contributed by atoms with van der Waals surface area (Å²) < 4.78 is 16.0. The van der Waals surface area contributed by atoms with Gasteiger partial charge in [0.25, 0.3) is 5.91 Å². The van der Waals surface area contributed by atoms with E-state index in [4.69, 9.17) is 4.74 Å². The van der Waals surface area contributed by atoms with Gasteiger partial charge in [-0.3, -0.25) is 9.59 Å². The second kappa shape index (κ2) is 10.7. The predicted octanol–water partition coefficient (Wildman–Crippen LogP) is 3.14. The van der Waals surface area contributed by atoms with Crippen molar-refractivity contribution in [1.29, 1.82) is 0 Å². The van der Waals surface area contributed by atoms with Gasteiger partial charge in [-0.1, -0.05) is 23.9 Å². The van der Waals surface area contributed by atoms with E-state index in [1.54, 1.807) is 0 Å². The number of nitrogens with one attached hydrogen (secondary N) is 1. The Morgan fingerprint density at radius 3 is 2.28 bits per heavy atom. The molecule has 1 amide bonds. The highest BCUT2D eigenvalue weighted by atomic mass is 32.2. The van der Waals surface area contributed by atoms with E-state index in [2.05, 4.69) is 19.8 Å². The third kappa shape index (κ3) is 6.05. The van der Waals surface area contributed by atoms with Crippen molar-refractivity contribution in [3.8, 4) is 0 Å². The summed E-state index contributed by atoms with van der Waals surface area (Å²) in [5.74, 6) is -2.60. The highest BCUT2D eigenvalue weighted by Crippen LogP contribution is 2.29. The molecule has 166 valence electrons. The van der Waals surface area contributed by atoms with Crippen LogP contribution in [0.4, 0.5) is 5.69 Å². The molecule has 0 atom stereocenters. The van der Waals surface area contributed by atoms with Gasteiger partial charge in [0.1, 0.15) is 0 Å². The number of ether oxygens (including phenoxy) is 3. The Bertz CT molecular complexity index is 1110. The standard InChI is InChI=1S/C21H18N2O7S2/c1-28-19(26)12-7-13(20(27)29-2)9-14(8-12)22-17(24)10-30-18(25)11-31-21-23-15-5-3-4-6-16(15)32-21/h3-9H,10-11H2,1-2H3,(H,22,24). The van der Waals surface area contributed by atoms with E-state index in [9.17, 15) is 19.2 Å². The van der Waals surface area contributed by atoms with Crippen molar-refractivity contribution in [1.82, 2.24) is 4.98 Å². The van der Waals surface area contributed by atoms with Crippen LogP contribution < -0.4 is 5.32 Å². The van der Waals surface area contributed by atoms with Crippen LogP contribution >= 0.6 is 23.1 Å². The molecule has 0 aliphatic rings. The molecule has 0 saturated heterocycles. The molecule has 3 aromatic rings. The fraction of sp³-hybridized carbons (Fsp3) is 0.190. The van der Waals surface area contributed by atoms with Crippen LogP contribution in [0.15, 0.2) is 46.8 Å². The molecule has 2 aromatic carbocycles. The number of aromatic nitrogens is 1. The zero-order valence-electron chi connectivity index (χ0n) is 17.1. The zero-order valence-corrected chi connectivity index (χ0v) is 18.7. The first kappa shape index (κ1) is 23.2. The van der Waals surface area contributed by atoms with Gasteiger partial charge in [0.05, 0.1) is 41.3 Å². The largest absolute Gasteiger partial charge is 0.465 e. The monoisotopic (exact) mass is 474 g/mol. The van der Waals surface area contributed by atoms with Gasteiger partial charge >= 0.3 is 17.9 Å². The Morgan fingerprint density at radius 2 is 1.66 bits per heavy atom. The van der Waals surface area contributed by atoms with Gasteiger partial charge in [-0.15, -0.1) is 11.3 Å². The molecule has 1 N–H and O–H groups in total. The summed E-state index contributed by atoms with van der Waals surface area (Å²) in [4.78, 5) is 52.2. The van der Waals surface area contributed by atoms with Crippen LogP contribution in [-0.2, 0) is 23.8 Å². The van der Waals surface area contributed by atoms with E-state index >= 15 is 0 Å². The van der Waals surface area contributed by atoms with E-state index in [1.165, 1.54) is 55.5 Å². The maximum atomic E-state index is 12.2. The molecule has 9 nitrogen and oxygen atoms in total. The highest BCUT2D eigenvalue weighted by Gasteiger charge is 2.16. The van der Waals surface area contributed by atoms with Gasteiger partial charge in [-0.25, -0.2) is 14.6 Å². The van der Waals surface area contributed by atoms with Gasteiger partial charge in [0, 0.05) is 5.69 Å². The van der Waals surface area contributed by atoms with Gasteiger partial charge < -0.3 is 19.5 Å². The average molecular weight is 475 g/mol. The Balaban J connectivity index is 1.54. The molecule has 0 unspecified atom stereocenters. The van der Waals surface area contributed by atoms with Crippen molar-refractivity contribution in [2.75, 3.05) is 31.9 Å². The van der Waals surface area contributed by atoms with Gasteiger partial charge in [-0.2, -0.15) is 0 Å². The van der Waals surface area contributed by atoms with Crippen molar-refractivity contribution in [2.24, 2.45) is 0 Å². The number of thiazole rings is 1. The summed E-state index contributed by atoms with van der Waals surface area (Å²) in [6, 6.07) is 11.6. The fourth-order valence-electron chi connectivity index (χ4n) is 2.59. The van der Waals surface area contributed by atoms with Crippen LogP contribution in [-0.4, -0.2) is 55.4 Å². The molecular weight excluding hydrogens is 456 g/mol. The fourth-order valence-corrected chi connectivity index (χ4v) is 4.46. The summed E-state index contributed by atoms with van der Waals surface area (Å²) in [6.07, 6.45) is 0. The number of hydrogen-bond donors (Lipinski definition) is 1. The Hall–Kier alpha value is -3.44. The number of benzene rings is 2. The zero-order chi connectivity index (χ0) is 23.1. The molecule has 0 aliphatic heterocycles. The lowest BCUT2D eigenvalue weighted by atomic mass is 10.1. The Morgan fingerprint density at radius 1 is 1.00 bits per heavy atom. The lowest BCUT2D eigenvalue weighted by Gasteiger charge is -2.10. The van der Waals surface area contributed by atoms with E-state index in [0.717, 1.165) is 14.6 Å². The first-order valence-corrected chi connectivity index (χ1v) is 11.0. The number of rotatable bonds is 8. The van der Waals surface area contributed by atoms with Crippen molar-refractivity contribution < 1.29 is 33.4 Å². The predicted molar refractivity (Wildman–Crippen MR) is 119 cm³/mol. The smallest absolute Gasteiger partial charge is 0.337 e. The quantitative estimate of drug-likeness (QED) is 0.298. The average Bonchev–Trinajstić information content (AvgIpc) is 3.23. The number of carbonyl (C=O) groups is 4. The van der Waals surface area contributed by atoms with Crippen LogP contribution in [0, 0.1) is 0 Å². The molecule has 3 rings (SSSR count). The number of nitrogens with zero attached hydrogens (tertiary/aromatic N) is 1. The minimum absolute atomic E-state index is 0.00256. The third-order valence-electron chi connectivity index (χ3n) is 4.01. The Labute approximate surface area is 191 Å². The number of methoxy groups -OCH3 is 2. The molecule has 0 saturated carbocycles. The van der Waals surface area contributed by atoms with Crippen molar-refractivity contribution in [2.45, 2.75) is 4.34 Å². The molecule has 0 bridgehead atoms. The second-order valence-electron chi connectivity index (χ2n) is 6.23. The summed E-state index contributed by atoms with van der Waals surface area (Å²) >= 11 is 2.69. The minimum Gasteiger partial charge on any atom is -0.465 e. The Kier molecular flexibility index (Phi) is 7.79. The number of carbonyl (C=O) groups excluding carboxylic acids is 4. The molecule has 0 radical (unpaired) electrons. The first-order valence-electron chi connectivity index (χ1n) is 9.15. The summed E-state index contributed by atoms with van der Waals surface area (Å²) in [5.41, 5.74) is 1.11. The lowest BCUT2D eigenvalue weighted by molar-refractivity contribution is -0.144. The molecular formula is C21H18N2O7S2. The lowest BCUT2D eigenvalue weighted by Crippen LogP contribution is -2.22. The number of anilines is 1. The minimum atomic E-state index is -0.690. The van der Waals surface area contributed by atoms with E-state index in [0.29, 0.717) is 0 Å². The van der Waals surface area contributed by atoms with E-state index < -0.39 is 30.4 Å². The van der Waals surface area contributed by atoms with Crippen LogP contribution in [0.5, 0.6) is 0 Å². The number of esters is 3. The summed E-state index contributed by atoms with van der Waals surface area (Å²) in [5, 5.41) is 2.48. The molecule has 11 heteroatoms. The molecule has 0 spiro atoms. The van der Waals surface area contributed by atoms with Crippen LogP contribution in [0.3, 0.4) is 0 Å². The first-order chi connectivity index (χ1) is 15.4. The van der Waals surface area contributed by atoms with Crippen LogP contribution in [0.2, 0.25) is 0 Å². The van der Waals surface area contributed by atoms with E-state index in [-0.39, 0.29) is 22.6 Å². The number of para-hydroxylation sites is 1. The molecule has 1 aromatic heterocycles. The van der Waals surface area contributed by atoms with Gasteiger partial charge in [0.2, 0.25) is 0 Å². The van der Waals surface area contributed by atoms with Crippen molar-refractivity contribution in [3.05, 3.63) is 53.6 Å². The number of hydrogen-bond acceptors (Lipinski definition) is 10. The number of amides is 1. The van der Waals surface area contributed by atoms with Crippen LogP contribution in [0.1, 0.15) is 20.7 Å². The van der Waals surface area contributed by atoms with Crippen molar-refractivity contribution >= 4 is 62.8 Å². The second-order valence-corrected chi connectivity index (χ2v) is 8.48. The molecule has 0 fully saturated rings. The van der Waals surface area contributed by atoms with Crippen LogP contribution in [0.25, 0.3) is 10.2 Å². The van der Waals surface area contributed by atoms with Crippen molar-refractivity contribution in [3.63, 3.8) is 0 Å². The summed E-state index contributed by atoms with van der Waals surface area (Å²) in [6.45, 7) is -0.532.